The Labute approximate surface area is 153 Å². The SMILES string of the molecule is NC1CC2CCCC(C1)C2NC(=O)CN1C(=O)C2C3CCC(O3)C2C1=O. The van der Waals surface area contributed by atoms with Crippen molar-refractivity contribution in [2.75, 3.05) is 6.54 Å². The molecule has 0 aromatic heterocycles. The van der Waals surface area contributed by atoms with Crippen molar-refractivity contribution in [3.63, 3.8) is 0 Å². The number of hydrogen-bond acceptors (Lipinski definition) is 5. The molecular weight excluding hydrogens is 334 g/mol. The molecule has 2 aliphatic carbocycles. The van der Waals surface area contributed by atoms with Gasteiger partial charge in [-0.05, 0) is 50.4 Å². The first-order valence-electron chi connectivity index (χ1n) is 10.1. The molecule has 5 rings (SSSR count). The maximum Gasteiger partial charge on any atom is 0.240 e. The van der Waals surface area contributed by atoms with Crippen molar-refractivity contribution < 1.29 is 19.1 Å². The van der Waals surface area contributed by atoms with Gasteiger partial charge in [-0.3, -0.25) is 19.3 Å². The van der Waals surface area contributed by atoms with Gasteiger partial charge in [0.15, 0.2) is 0 Å². The van der Waals surface area contributed by atoms with E-state index in [1.54, 1.807) is 0 Å². The number of likely N-dealkylation sites (tertiary alicyclic amines) is 1. The number of nitrogens with one attached hydrogen (secondary N) is 1. The average Bonchev–Trinajstić information content (AvgIpc) is 3.26. The fraction of sp³-hybridized carbons (Fsp3) is 0.842. The standard InChI is InChI=1S/C19H27N3O4/c20-11-6-9-2-1-3-10(7-11)17(9)21-14(23)8-22-18(24)15-12-4-5-13(26-12)16(15)19(22)25/h9-13,15-17H,1-8,20H2,(H,21,23). The number of carbonyl (C=O) groups excluding carboxylic acids is 3. The molecule has 5 aliphatic rings. The van der Waals surface area contributed by atoms with Gasteiger partial charge in [0.25, 0.3) is 0 Å². The normalized spacial score (nSPS) is 46.6. The van der Waals surface area contributed by atoms with E-state index in [1.807, 2.05) is 0 Å². The van der Waals surface area contributed by atoms with Gasteiger partial charge >= 0.3 is 0 Å². The number of nitrogens with two attached hydrogens (primary N) is 1. The largest absolute Gasteiger partial charge is 0.373 e. The van der Waals surface area contributed by atoms with Gasteiger partial charge < -0.3 is 15.8 Å². The number of hydrogen-bond donors (Lipinski definition) is 2. The second-order valence-electron chi connectivity index (χ2n) is 8.88. The van der Waals surface area contributed by atoms with Crippen LogP contribution in [0.15, 0.2) is 0 Å². The quantitative estimate of drug-likeness (QED) is 0.698. The zero-order chi connectivity index (χ0) is 18.0. The van der Waals surface area contributed by atoms with Gasteiger partial charge in [0, 0.05) is 12.1 Å². The first kappa shape index (κ1) is 16.7. The first-order chi connectivity index (χ1) is 12.5. The Kier molecular flexibility index (Phi) is 3.87. The van der Waals surface area contributed by atoms with Crippen molar-refractivity contribution in [1.82, 2.24) is 10.2 Å². The molecule has 3 N–H and O–H groups in total. The lowest BCUT2D eigenvalue weighted by Gasteiger charge is -2.45. The maximum atomic E-state index is 12.7. The van der Waals surface area contributed by atoms with Crippen molar-refractivity contribution in [2.45, 2.75) is 69.2 Å². The zero-order valence-electron chi connectivity index (χ0n) is 14.9. The molecule has 0 radical (unpaired) electrons. The van der Waals surface area contributed by atoms with Gasteiger partial charge in [0.05, 0.1) is 24.0 Å². The predicted octanol–water partition coefficient (Wildman–Crippen LogP) is 0.171. The molecule has 0 spiro atoms. The molecule has 142 valence electrons. The molecule has 3 amide bonds. The lowest BCUT2D eigenvalue weighted by molar-refractivity contribution is -0.146. The van der Waals surface area contributed by atoms with Crippen molar-refractivity contribution in [3.05, 3.63) is 0 Å². The number of imide groups is 1. The Morgan fingerprint density at radius 3 is 2.19 bits per heavy atom. The highest BCUT2D eigenvalue weighted by Gasteiger charge is 2.62. The minimum Gasteiger partial charge on any atom is -0.373 e. The molecule has 5 fully saturated rings. The van der Waals surface area contributed by atoms with Crippen LogP contribution in [0.3, 0.4) is 0 Å². The van der Waals surface area contributed by atoms with Crippen molar-refractivity contribution in [2.24, 2.45) is 29.4 Å². The Bertz CT molecular complexity index is 611. The molecular formula is C19H27N3O4. The lowest BCUT2D eigenvalue weighted by atomic mass is 9.67. The number of rotatable bonds is 3. The lowest BCUT2D eigenvalue weighted by Crippen LogP contribution is -2.55. The minimum absolute atomic E-state index is 0.131. The molecule has 3 saturated heterocycles. The van der Waals surface area contributed by atoms with Gasteiger partial charge in [-0.1, -0.05) is 6.42 Å². The monoisotopic (exact) mass is 361 g/mol. The van der Waals surface area contributed by atoms with E-state index in [2.05, 4.69) is 5.32 Å². The van der Waals surface area contributed by atoms with Gasteiger partial charge in [0.1, 0.15) is 6.54 Å². The van der Waals surface area contributed by atoms with Crippen LogP contribution in [0.25, 0.3) is 0 Å². The Morgan fingerprint density at radius 2 is 1.62 bits per heavy atom. The Balaban J connectivity index is 1.25. The molecule has 7 nitrogen and oxygen atoms in total. The van der Waals surface area contributed by atoms with Gasteiger partial charge in [-0.2, -0.15) is 0 Å². The molecule has 6 unspecified atom stereocenters. The summed E-state index contributed by atoms with van der Waals surface area (Å²) in [6.45, 7) is -0.147. The topological polar surface area (TPSA) is 102 Å². The summed E-state index contributed by atoms with van der Waals surface area (Å²) in [6, 6.07) is 0.373. The Hall–Kier alpha value is -1.47. The van der Waals surface area contributed by atoms with E-state index in [1.165, 1.54) is 11.3 Å². The van der Waals surface area contributed by atoms with E-state index < -0.39 is 0 Å². The Morgan fingerprint density at radius 1 is 1.04 bits per heavy atom. The summed E-state index contributed by atoms with van der Waals surface area (Å²) in [4.78, 5) is 39.2. The van der Waals surface area contributed by atoms with Crippen LogP contribution in [0.2, 0.25) is 0 Å². The number of carbonyl (C=O) groups is 3. The zero-order valence-corrected chi connectivity index (χ0v) is 14.9. The molecule has 4 bridgehead atoms. The van der Waals surface area contributed by atoms with E-state index in [-0.39, 0.29) is 60.4 Å². The molecule has 3 aliphatic heterocycles. The third-order valence-corrected chi connectivity index (χ3v) is 7.38. The number of fused-ring (bicyclic) bond motifs is 7. The molecule has 7 heteroatoms. The van der Waals surface area contributed by atoms with Crippen LogP contribution >= 0.6 is 0 Å². The molecule has 0 aromatic carbocycles. The molecule has 0 aromatic rings. The third-order valence-electron chi connectivity index (χ3n) is 7.38. The molecule has 6 atom stereocenters. The summed E-state index contributed by atoms with van der Waals surface area (Å²) < 4.78 is 5.73. The molecule has 2 saturated carbocycles. The molecule has 26 heavy (non-hydrogen) atoms. The van der Waals surface area contributed by atoms with Crippen LogP contribution in [0.5, 0.6) is 0 Å². The number of nitrogens with zero attached hydrogens (tertiary/aromatic N) is 1. The third kappa shape index (κ3) is 2.43. The second-order valence-corrected chi connectivity index (χ2v) is 8.88. The highest BCUT2D eigenvalue weighted by atomic mass is 16.5. The van der Waals surface area contributed by atoms with Crippen LogP contribution in [-0.2, 0) is 19.1 Å². The average molecular weight is 361 g/mol. The van der Waals surface area contributed by atoms with Crippen LogP contribution in [0, 0.1) is 23.7 Å². The van der Waals surface area contributed by atoms with Gasteiger partial charge in [0.2, 0.25) is 17.7 Å². The summed E-state index contributed by atoms with van der Waals surface area (Å²) in [5.41, 5.74) is 6.15. The number of ether oxygens (including phenoxy) is 1. The predicted molar refractivity (Wildman–Crippen MR) is 91.6 cm³/mol. The highest BCUT2D eigenvalue weighted by Crippen LogP contribution is 2.48. The smallest absolute Gasteiger partial charge is 0.240 e. The van der Waals surface area contributed by atoms with Gasteiger partial charge in [-0.15, -0.1) is 0 Å². The van der Waals surface area contributed by atoms with Crippen molar-refractivity contribution in [3.8, 4) is 0 Å². The van der Waals surface area contributed by atoms with Crippen LogP contribution < -0.4 is 11.1 Å². The fourth-order valence-corrected chi connectivity index (χ4v) is 6.33. The van der Waals surface area contributed by atoms with E-state index in [0.717, 1.165) is 38.5 Å². The summed E-state index contributed by atoms with van der Waals surface area (Å²) >= 11 is 0. The fourth-order valence-electron chi connectivity index (χ4n) is 6.33. The summed E-state index contributed by atoms with van der Waals surface area (Å²) in [5.74, 6) is -0.508. The van der Waals surface area contributed by atoms with Crippen molar-refractivity contribution in [1.29, 1.82) is 0 Å². The minimum atomic E-state index is -0.360. The van der Waals surface area contributed by atoms with Crippen LogP contribution in [0.1, 0.15) is 44.9 Å². The summed E-state index contributed by atoms with van der Waals surface area (Å²) in [6.07, 6.45) is 6.73. The van der Waals surface area contributed by atoms with Crippen LogP contribution in [-0.4, -0.2) is 53.5 Å². The van der Waals surface area contributed by atoms with Gasteiger partial charge in [-0.25, -0.2) is 0 Å². The molecule has 3 heterocycles. The van der Waals surface area contributed by atoms with E-state index in [4.69, 9.17) is 10.5 Å². The van der Waals surface area contributed by atoms with Crippen molar-refractivity contribution >= 4 is 17.7 Å². The van der Waals surface area contributed by atoms with E-state index in [0.29, 0.717) is 11.8 Å². The highest BCUT2D eigenvalue weighted by molar-refractivity contribution is 6.08. The first-order valence-corrected chi connectivity index (χ1v) is 10.1. The maximum absolute atomic E-state index is 12.7. The number of amides is 3. The van der Waals surface area contributed by atoms with E-state index in [9.17, 15) is 14.4 Å². The summed E-state index contributed by atoms with van der Waals surface area (Å²) in [5, 5.41) is 3.14. The summed E-state index contributed by atoms with van der Waals surface area (Å²) in [7, 11) is 0. The second kappa shape index (κ2) is 6.02. The van der Waals surface area contributed by atoms with E-state index >= 15 is 0 Å². The van der Waals surface area contributed by atoms with Crippen LogP contribution in [0.4, 0.5) is 0 Å².